The average molecular weight is 164 g/mol. The molecule has 4 heteroatoms. The SMILES string of the molecule is O=C1C=CC(=C2C=CC(=O)O2)O1. The summed E-state index contributed by atoms with van der Waals surface area (Å²) < 4.78 is 9.39. The Morgan fingerprint density at radius 3 is 1.42 bits per heavy atom. The van der Waals surface area contributed by atoms with Gasteiger partial charge in [-0.15, -0.1) is 0 Å². The summed E-state index contributed by atoms with van der Waals surface area (Å²) in [6, 6.07) is 0. The molecule has 0 unspecified atom stereocenters. The summed E-state index contributed by atoms with van der Waals surface area (Å²) >= 11 is 0. The number of allylic oxidation sites excluding steroid dienone is 2. The Balaban J connectivity index is 2.29. The summed E-state index contributed by atoms with van der Waals surface area (Å²) in [5, 5.41) is 0. The van der Waals surface area contributed by atoms with Crippen LogP contribution in [0, 0.1) is 0 Å². The van der Waals surface area contributed by atoms with Crippen LogP contribution < -0.4 is 0 Å². The summed E-state index contributed by atoms with van der Waals surface area (Å²) in [5.74, 6) is -0.341. The first-order valence-electron chi connectivity index (χ1n) is 3.30. The Hall–Kier alpha value is -1.84. The molecule has 2 heterocycles. The summed E-state index contributed by atoms with van der Waals surface area (Å²) in [7, 11) is 0. The van der Waals surface area contributed by atoms with Crippen LogP contribution in [-0.4, -0.2) is 11.9 Å². The maximum atomic E-state index is 10.6. The predicted molar refractivity (Wildman–Crippen MR) is 37.5 cm³/mol. The Morgan fingerprint density at radius 2 is 1.17 bits per heavy atom. The van der Waals surface area contributed by atoms with Crippen LogP contribution in [0.4, 0.5) is 0 Å². The van der Waals surface area contributed by atoms with Gasteiger partial charge in [0.2, 0.25) is 0 Å². The van der Waals surface area contributed by atoms with Gasteiger partial charge in [0.05, 0.1) is 0 Å². The van der Waals surface area contributed by atoms with E-state index in [2.05, 4.69) is 0 Å². The van der Waals surface area contributed by atoms with Gasteiger partial charge in [-0.3, -0.25) is 0 Å². The molecule has 60 valence electrons. The Morgan fingerprint density at radius 1 is 0.750 bits per heavy atom. The largest absolute Gasteiger partial charge is 0.419 e. The molecule has 0 saturated carbocycles. The van der Waals surface area contributed by atoms with Crippen LogP contribution >= 0.6 is 0 Å². The first-order valence-corrected chi connectivity index (χ1v) is 3.30. The molecule has 0 aromatic carbocycles. The maximum Gasteiger partial charge on any atom is 0.336 e. The Labute approximate surface area is 67.8 Å². The minimum absolute atomic E-state index is 0.280. The number of cyclic esters (lactones) is 2. The third-order valence-electron chi connectivity index (χ3n) is 1.41. The molecule has 0 amide bonds. The van der Waals surface area contributed by atoms with E-state index in [0.717, 1.165) is 0 Å². The molecular formula is C8H4O4. The fourth-order valence-corrected chi connectivity index (χ4v) is 0.905. The van der Waals surface area contributed by atoms with Crippen molar-refractivity contribution in [2.45, 2.75) is 0 Å². The minimum Gasteiger partial charge on any atom is -0.419 e. The highest BCUT2D eigenvalue weighted by molar-refractivity contribution is 5.89. The second kappa shape index (κ2) is 2.34. The van der Waals surface area contributed by atoms with E-state index in [-0.39, 0.29) is 11.5 Å². The van der Waals surface area contributed by atoms with Crippen LogP contribution in [-0.2, 0) is 19.1 Å². The zero-order valence-corrected chi connectivity index (χ0v) is 5.94. The topological polar surface area (TPSA) is 52.6 Å². The van der Waals surface area contributed by atoms with Gasteiger partial charge >= 0.3 is 11.9 Å². The van der Waals surface area contributed by atoms with Gasteiger partial charge < -0.3 is 9.47 Å². The molecule has 0 N–H and O–H groups in total. The smallest absolute Gasteiger partial charge is 0.336 e. The normalized spacial score (nSPS) is 26.3. The van der Waals surface area contributed by atoms with Crippen LogP contribution in [0.15, 0.2) is 35.8 Å². The lowest BCUT2D eigenvalue weighted by atomic mass is 10.4. The molecule has 0 aromatic rings. The lowest BCUT2D eigenvalue weighted by Crippen LogP contribution is -1.96. The van der Waals surface area contributed by atoms with E-state index in [1.807, 2.05) is 0 Å². The molecule has 0 atom stereocenters. The third-order valence-corrected chi connectivity index (χ3v) is 1.41. The Kier molecular flexibility index (Phi) is 1.33. The molecule has 4 nitrogen and oxygen atoms in total. The molecule has 2 aliphatic rings. The summed E-state index contributed by atoms with van der Waals surface area (Å²) in [4.78, 5) is 21.2. The zero-order valence-electron chi connectivity index (χ0n) is 5.94. The molecule has 2 rings (SSSR count). The highest BCUT2D eigenvalue weighted by atomic mass is 16.6. The first-order chi connectivity index (χ1) is 5.75. The molecule has 0 radical (unpaired) electrons. The molecule has 2 aliphatic heterocycles. The van der Waals surface area contributed by atoms with E-state index in [1.165, 1.54) is 24.3 Å². The molecule has 0 fully saturated rings. The fourth-order valence-electron chi connectivity index (χ4n) is 0.905. The van der Waals surface area contributed by atoms with Gasteiger partial charge in [-0.25, -0.2) is 9.59 Å². The molecule has 0 aromatic heterocycles. The standard InChI is InChI=1S/C8H4O4/c9-7-3-1-5(11-7)6-2-4-8(10)12-6/h1-4H. The lowest BCUT2D eigenvalue weighted by molar-refractivity contribution is -0.135. The second-order valence-corrected chi connectivity index (χ2v) is 2.24. The van der Waals surface area contributed by atoms with Crippen molar-refractivity contribution in [2.24, 2.45) is 0 Å². The molecule has 0 aliphatic carbocycles. The van der Waals surface area contributed by atoms with Crippen LogP contribution in [0.25, 0.3) is 0 Å². The van der Waals surface area contributed by atoms with Gasteiger partial charge in [-0.2, -0.15) is 0 Å². The van der Waals surface area contributed by atoms with E-state index in [0.29, 0.717) is 0 Å². The quantitative estimate of drug-likeness (QED) is 0.487. The van der Waals surface area contributed by atoms with E-state index in [4.69, 9.17) is 9.47 Å². The summed E-state index contributed by atoms with van der Waals surface area (Å²) in [6.07, 6.45) is 5.45. The van der Waals surface area contributed by atoms with Crippen LogP contribution in [0.5, 0.6) is 0 Å². The van der Waals surface area contributed by atoms with Crippen molar-refractivity contribution in [2.75, 3.05) is 0 Å². The predicted octanol–water partition coefficient (Wildman–Crippen LogP) is 0.424. The van der Waals surface area contributed by atoms with Gasteiger partial charge in [-0.05, 0) is 12.2 Å². The van der Waals surface area contributed by atoms with Crippen molar-refractivity contribution in [3.63, 3.8) is 0 Å². The molecule has 0 saturated heterocycles. The zero-order chi connectivity index (χ0) is 8.55. The summed E-state index contributed by atoms with van der Waals surface area (Å²) in [6.45, 7) is 0. The summed E-state index contributed by atoms with van der Waals surface area (Å²) in [5.41, 5.74) is 0. The van der Waals surface area contributed by atoms with Crippen molar-refractivity contribution in [3.05, 3.63) is 35.8 Å². The van der Waals surface area contributed by atoms with Gasteiger partial charge in [0, 0.05) is 12.2 Å². The van der Waals surface area contributed by atoms with Gasteiger partial charge in [0.25, 0.3) is 0 Å². The molecule has 0 spiro atoms. The van der Waals surface area contributed by atoms with Crippen molar-refractivity contribution in [1.82, 2.24) is 0 Å². The van der Waals surface area contributed by atoms with E-state index in [1.54, 1.807) is 0 Å². The Bertz CT molecular complexity index is 312. The van der Waals surface area contributed by atoms with Crippen LogP contribution in [0.1, 0.15) is 0 Å². The number of ether oxygens (including phenoxy) is 2. The highest BCUT2D eigenvalue weighted by Crippen LogP contribution is 2.20. The lowest BCUT2D eigenvalue weighted by Gasteiger charge is -1.98. The first kappa shape index (κ1) is 6.84. The second-order valence-electron chi connectivity index (χ2n) is 2.24. The number of carbonyl (C=O) groups is 2. The van der Waals surface area contributed by atoms with Gasteiger partial charge in [-0.1, -0.05) is 0 Å². The van der Waals surface area contributed by atoms with Crippen molar-refractivity contribution in [3.8, 4) is 0 Å². The van der Waals surface area contributed by atoms with Crippen LogP contribution in [0.2, 0.25) is 0 Å². The number of esters is 2. The highest BCUT2D eigenvalue weighted by Gasteiger charge is 2.19. The fraction of sp³-hybridized carbons (Fsp3) is 0. The third kappa shape index (κ3) is 1.03. The molecule has 0 bridgehead atoms. The number of rotatable bonds is 0. The van der Waals surface area contributed by atoms with E-state index >= 15 is 0 Å². The van der Waals surface area contributed by atoms with E-state index < -0.39 is 11.9 Å². The van der Waals surface area contributed by atoms with Gasteiger partial charge in [0.1, 0.15) is 0 Å². The molecule has 12 heavy (non-hydrogen) atoms. The van der Waals surface area contributed by atoms with Crippen molar-refractivity contribution < 1.29 is 19.1 Å². The van der Waals surface area contributed by atoms with Crippen molar-refractivity contribution >= 4 is 11.9 Å². The van der Waals surface area contributed by atoms with E-state index in [9.17, 15) is 9.59 Å². The minimum atomic E-state index is -0.450. The maximum absolute atomic E-state index is 10.6. The number of hydrogen-bond acceptors (Lipinski definition) is 4. The van der Waals surface area contributed by atoms with Gasteiger partial charge in [0.15, 0.2) is 11.5 Å². The monoisotopic (exact) mass is 164 g/mol. The molecular weight excluding hydrogens is 160 g/mol. The average Bonchev–Trinajstić information content (AvgIpc) is 2.58. The number of carbonyl (C=O) groups excluding carboxylic acids is 2. The number of hydrogen-bond donors (Lipinski definition) is 0. The van der Waals surface area contributed by atoms with Crippen molar-refractivity contribution in [1.29, 1.82) is 0 Å². The van der Waals surface area contributed by atoms with Crippen LogP contribution in [0.3, 0.4) is 0 Å².